The topological polar surface area (TPSA) is 50.7 Å². The second-order valence-corrected chi connectivity index (χ2v) is 3.85. The van der Waals surface area contributed by atoms with Crippen molar-refractivity contribution in [2.75, 3.05) is 12.5 Å². The number of benzene rings is 2. The molecule has 0 aliphatic rings. The van der Waals surface area contributed by atoms with Gasteiger partial charge in [0.05, 0.1) is 24.6 Å². The summed E-state index contributed by atoms with van der Waals surface area (Å²) in [5.74, 6) is -0.342. The summed E-state index contributed by atoms with van der Waals surface area (Å²) in [6.07, 6.45) is 1.69. The van der Waals surface area contributed by atoms with Crippen LogP contribution in [0.3, 0.4) is 0 Å². The molecule has 0 atom stereocenters. The number of hydrogen-bond donors (Lipinski definition) is 1. The van der Waals surface area contributed by atoms with E-state index in [2.05, 4.69) is 15.3 Å². The maximum Gasteiger partial charge on any atom is 0.337 e. The highest BCUT2D eigenvalue weighted by molar-refractivity contribution is 5.90. The third-order valence-electron chi connectivity index (χ3n) is 2.51. The summed E-state index contributed by atoms with van der Waals surface area (Å²) in [6.45, 7) is 0. The Morgan fingerprint density at radius 1 is 1.11 bits per heavy atom. The van der Waals surface area contributed by atoms with Crippen LogP contribution in [0.1, 0.15) is 15.9 Å². The van der Waals surface area contributed by atoms with Gasteiger partial charge in [-0.15, -0.1) is 0 Å². The number of nitrogens with one attached hydrogen (secondary N) is 1. The normalized spacial score (nSPS) is 10.4. The van der Waals surface area contributed by atoms with Crippen molar-refractivity contribution in [3.05, 3.63) is 65.7 Å². The van der Waals surface area contributed by atoms with E-state index in [4.69, 9.17) is 0 Å². The van der Waals surface area contributed by atoms with Gasteiger partial charge in [0.15, 0.2) is 0 Å². The minimum Gasteiger partial charge on any atom is -0.465 e. The van der Waals surface area contributed by atoms with Crippen LogP contribution >= 0.6 is 0 Å². The van der Waals surface area contributed by atoms with Gasteiger partial charge in [0, 0.05) is 0 Å². The summed E-state index contributed by atoms with van der Waals surface area (Å²) in [5, 5.41) is 4.12. The van der Waals surface area contributed by atoms with Crippen LogP contribution in [0.4, 0.5) is 5.69 Å². The number of esters is 1. The van der Waals surface area contributed by atoms with Crippen molar-refractivity contribution < 1.29 is 9.53 Å². The molecule has 0 aliphatic carbocycles. The summed E-state index contributed by atoms with van der Waals surface area (Å²) >= 11 is 0. The zero-order valence-corrected chi connectivity index (χ0v) is 10.5. The lowest BCUT2D eigenvalue weighted by atomic mass is 10.1. The van der Waals surface area contributed by atoms with Gasteiger partial charge in [-0.05, 0) is 29.8 Å². The number of carbonyl (C=O) groups is 1. The average molecular weight is 254 g/mol. The number of rotatable bonds is 4. The van der Waals surface area contributed by atoms with E-state index in [1.165, 1.54) is 7.11 Å². The van der Waals surface area contributed by atoms with Crippen LogP contribution in [-0.4, -0.2) is 19.3 Å². The Bertz CT molecular complexity index is 562. The van der Waals surface area contributed by atoms with E-state index < -0.39 is 0 Å². The van der Waals surface area contributed by atoms with Crippen molar-refractivity contribution in [2.45, 2.75) is 0 Å². The molecular weight excluding hydrogens is 240 g/mol. The number of nitrogens with zero attached hydrogens (tertiary/aromatic N) is 1. The molecule has 0 aromatic heterocycles. The standard InChI is InChI=1S/C15H14N2O2/c1-19-15(18)13-9-7-12(8-10-13)11-16-17-14-5-3-2-4-6-14/h2-11,17H,1H3. The number of ether oxygens (including phenoxy) is 1. The number of hydrazone groups is 1. The van der Waals surface area contributed by atoms with Crippen LogP contribution in [0.15, 0.2) is 59.7 Å². The van der Waals surface area contributed by atoms with E-state index in [1.54, 1.807) is 18.3 Å². The second kappa shape index (κ2) is 6.35. The first kappa shape index (κ1) is 12.8. The number of hydrogen-bond acceptors (Lipinski definition) is 4. The smallest absolute Gasteiger partial charge is 0.337 e. The van der Waals surface area contributed by atoms with Crippen LogP contribution in [0.25, 0.3) is 0 Å². The average Bonchev–Trinajstić information content (AvgIpc) is 2.48. The molecule has 4 heteroatoms. The number of para-hydroxylation sites is 1. The van der Waals surface area contributed by atoms with Gasteiger partial charge in [0.1, 0.15) is 0 Å². The van der Waals surface area contributed by atoms with Gasteiger partial charge in [-0.2, -0.15) is 5.10 Å². The van der Waals surface area contributed by atoms with Gasteiger partial charge in [-0.25, -0.2) is 4.79 Å². The monoisotopic (exact) mass is 254 g/mol. The first-order valence-corrected chi connectivity index (χ1v) is 5.82. The molecule has 0 bridgehead atoms. The van der Waals surface area contributed by atoms with E-state index in [0.717, 1.165) is 11.3 Å². The van der Waals surface area contributed by atoms with E-state index >= 15 is 0 Å². The molecule has 0 fully saturated rings. The fourth-order valence-corrected chi connectivity index (χ4v) is 1.52. The number of anilines is 1. The van der Waals surface area contributed by atoms with Gasteiger partial charge in [0.25, 0.3) is 0 Å². The SMILES string of the molecule is COC(=O)c1ccc(C=NNc2ccccc2)cc1. The number of methoxy groups -OCH3 is 1. The predicted molar refractivity (Wildman–Crippen MR) is 75.4 cm³/mol. The quantitative estimate of drug-likeness (QED) is 0.518. The van der Waals surface area contributed by atoms with Crippen molar-refractivity contribution in [3.63, 3.8) is 0 Å². The number of carbonyl (C=O) groups excluding carboxylic acids is 1. The molecule has 0 heterocycles. The zero-order valence-electron chi connectivity index (χ0n) is 10.5. The maximum absolute atomic E-state index is 11.3. The highest BCUT2D eigenvalue weighted by Gasteiger charge is 2.03. The molecule has 19 heavy (non-hydrogen) atoms. The minimum atomic E-state index is -0.342. The van der Waals surface area contributed by atoms with E-state index in [1.807, 2.05) is 42.5 Å². The lowest BCUT2D eigenvalue weighted by Crippen LogP contribution is -2.00. The fraction of sp³-hybridized carbons (Fsp3) is 0.0667. The maximum atomic E-state index is 11.3. The van der Waals surface area contributed by atoms with Crippen molar-refractivity contribution in [1.29, 1.82) is 0 Å². The van der Waals surface area contributed by atoms with Crippen LogP contribution in [0.5, 0.6) is 0 Å². The summed E-state index contributed by atoms with van der Waals surface area (Å²) in [4.78, 5) is 11.3. The van der Waals surface area contributed by atoms with Crippen LogP contribution < -0.4 is 5.43 Å². The molecule has 0 saturated heterocycles. The minimum absolute atomic E-state index is 0.342. The molecular formula is C15H14N2O2. The Balaban J connectivity index is 1.98. The first-order chi connectivity index (χ1) is 9.29. The molecule has 0 radical (unpaired) electrons. The Hall–Kier alpha value is -2.62. The summed E-state index contributed by atoms with van der Waals surface area (Å²) in [7, 11) is 1.36. The molecule has 0 amide bonds. The second-order valence-electron chi connectivity index (χ2n) is 3.85. The molecule has 2 rings (SSSR count). The van der Waals surface area contributed by atoms with Crippen LogP contribution in [0, 0.1) is 0 Å². The van der Waals surface area contributed by atoms with Crippen molar-refractivity contribution >= 4 is 17.9 Å². The molecule has 2 aromatic rings. The van der Waals surface area contributed by atoms with Gasteiger partial charge < -0.3 is 4.74 Å². The lowest BCUT2D eigenvalue weighted by molar-refractivity contribution is 0.0601. The Morgan fingerprint density at radius 2 is 1.79 bits per heavy atom. The van der Waals surface area contributed by atoms with Gasteiger partial charge in [-0.3, -0.25) is 5.43 Å². The van der Waals surface area contributed by atoms with E-state index in [9.17, 15) is 4.79 Å². The molecule has 1 N–H and O–H groups in total. The van der Waals surface area contributed by atoms with Crippen molar-refractivity contribution in [3.8, 4) is 0 Å². The third kappa shape index (κ3) is 3.67. The highest BCUT2D eigenvalue weighted by atomic mass is 16.5. The molecule has 96 valence electrons. The van der Waals surface area contributed by atoms with Gasteiger partial charge >= 0.3 is 5.97 Å². The van der Waals surface area contributed by atoms with Gasteiger partial charge in [-0.1, -0.05) is 30.3 Å². The molecule has 0 saturated carbocycles. The molecule has 0 aliphatic heterocycles. The third-order valence-corrected chi connectivity index (χ3v) is 2.51. The fourth-order valence-electron chi connectivity index (χ4n) is 1.52. The first-order valence-electron chi connectivity index (χ1n) is 5.82. The van der Waals surface area contributed by atoms with E-state index in [-0.39, 0.29) is 5.97 Å². The van der Waals surface area contributed by atoms with Crippen LogP contribution in [0.2, 0.25) is 0 Å². The zero-order chi connectivity index (χ0) is 13.5. The molecule has 2 aromatic carbocycles. The van der Waals surface area contributed by atoms with E-state index in [0.29, 0.717) is 5.56 Å². The largest absolute Gasteiger partial charge is 0.465 e. The summed E-state index contributed by atoms with van der Waals surface area (Å²) in [6, 6.07) is 16.7. The lowest BCUT2D eigenvalue weighted by Gasteiger charge is -2.00. The van der Waals surface area contributed by atoms with Crippen molar-refractivity contribution in [2.24, 2.45) is 5.10 Å². The Morgan fingerprint density at radius 3 is 2.42 bits per heavy atom. The predicted octanol–water partition coefficient (Wildman–Crippen LogP) is 2.92. The summed E-state index contributed by atoms with van der Waals surface area (Å²) in [5.41, 5.74) is 5.26. The van der Waals surface area contributed by atoms with Crippen molar-refractivity contribution in [1.82, 2.24) is 0 Å². The van der Waals surface area contributed by atoms with Crippen LogP contribution in [-0.2, 0) is 4.74 Å². The Kier molecular flexibility index (Phi) is 4.29. The molecule has 4 nitrogen and oxygen atoms in total. The summed E-state index contributed by atoms with van der Waals surface area (Å²) < 4.78 is 4.63. The molecule has 0 spiro atoms. The van der Waals surface area contributed by atoms with Gasteiger partial charge in [0.2, 0.25) is 0 Å². The highest BCUT2D eigenvalue weighted by Crippen LogP contribution is 2.06. The molecule has 0 unspecified atom stereocenters. The Labute approximate surface area is 111 Å².